The Morgan fingerprint density at radius 3 is 2.46 bits per heavy atom. The van der Waals surface area contributed by atoms with Crippen molar-refractivity contribution in [1.82, 2.24) is 0 Å². The normalized spacial score (nSPS) is 15.0. The van der Waals surface area contributed by atoms with Gasteiger partial charge in [-0.1, -0.05) is 11.6 Å². The van der Waals surface area contributed by atoms with E-state index < -0.39 is 0 Å². The summed E-state index contributed by atoms with van der Waals surface area (Å²) in [6.07, 6.45) is 2.12. The van der Waals surface area contributed by atoms with Crippen molar-refractivity contribution in [3.8, 4) is 11.8 Å². The summed E-state index contributed by atoms with van der Waals surface area (Å²) in [4.78, 5) is 2.39. The minimum absolute atomic E-state index is 0.420. The van der Waals surface area contributed by atoms with Gasteiger partial charge < -0.3 is 15.0 Å². The molecule has 0 bridgehead atoms. The molecule has 0 atom stereocenters. The number of rotatable bonds is 4. The number of piperidine rings is 1. The van der Waals surface area contributed by atoms with Gasteiger partial charge in [0, 0.05) is 30.5 Å². The summed E-state index contributed by atoms with van der Waals surface area (Å²) in [5.74, 6) is 0.882. The number of benzene rings is 2. The lowest BCUT2D eigenvalue weighted by molar-refractivity contribution is 0.414. The van der Waals surface area contributed by atoms with Gasteiger partial charge in [-0.25, -0.2) is 0 Å². The van der Waals surface area contributed by atoms with Gasteiger partial charge in [0.1, 0.15) is 11.8 Å². The molecule has 5 heteroatoms. The highest BCUT2D eigenvalue weighted by Gasteiger charge is 2.19. The van der Waals surface area contributed by atoms with Crippen LogP contribution in [-0.4, -0.2) is 26.2 Å². The van der Waals surface area contributed by atoms with Crippen LogP contribution in [0.5, 0.6) is 5.75 Å². The van der Waals surface area contributed by atoms with E-state index in [9.17, 15) is 0 Å². The molecule has 24 heavy (non-hydrogen) atoms. The van der Waals surface area contributed by atoms with Crippen LogP contribution in [0.1, 0.15) is 18.4 Å². The van der Waals surface area contributed by atoms with Crippen LogP contribution in [-0.2, 0) is 0 Å². The minimum atomic E-state index is 0.420. The van der Waals surface area contributed by atoms with Crippen LogP contribution >= 0.6 is 11.6 Å². The monoisotopic (exact) mass is 341 g/mol. The number of nitrogens with zero attached hydrogens (tertiary/aromatic N) is 2. The second-order valence-corrected chi connectivity index (χ2v) is 6.32. The fourth-order valence-electron chi connectivity index (χ4n) is 3.01. The summed E-state index contributed by atoms with van der Waals surface area (Å²) in [7, 11) is 1.68. The number of halogens is 1. The van der Waals surface area contributed by atoms with Crippen LogP contribution in [0.4, 0.5) is 11.4 Å². The minimum Gasteiger partial charge on any atom is -0.497 e. The van der Waals surface area contributed by atoms with Crippen molar-refractivity contribution >= 4 is 23.0 Å². The van der Waals surface area contributed by atoms with Gasteiger partial charge in [0.2, 0.25) is 0 Å². The van der Waals surface area contributed by atoms with E-state index in [0.29, 0.717) is 16.6 Å². The maximum Gasteiger partial charge on any atom is 0.119 e. The third kappa shape index (κ3) is 3.74. The lowest BCUT2D eigenvalue weighted by Gasteiger charge is -2.34. The zero-order chi connectivity index (χ0) is 16.9. The van der Waals surface area contributed by atoms with Crippen LogP contribution in [0.25, 0.3) is 0 Å². The number of ether oxygens (including phenoxy) is 1. The van der Waals surface area contributed by atoms with Crippen LogP contribution in [0.15, 0.2) is 42.5 Å². The molecule has 1 N–H and O–H groups in total. The molecule has 4 nitrogen and oxygen atoms in total. The average Bonchev–Trinajstić information content (AvgIpc) is 2.63. The predicted molar refractivity (Wildman–Crippen MR) is 98.0 cm³/mol. The zero-order valence-corrected chi connectivity index (χ0v) is 14.4. The fourth-order valence-corrected chi connectivity index (χ4v) is 3.23. The van der Waals surface area contributed by atoms with E-state index in [1.807, 2.05) is 24.3 Å². The van der Waals surface area contributed by atoms with Crippen molar-refractivity contribution in [1.29, 1.82) is 5.26 Å². The molecule has 0 aliphatic carbocycles. The SMILES string of the molecule is COc1ccc(N2CCC(Nc3ccc(C#N)c(Cl)c3)CC2)cc1. The molecule has 0 aromatic heterocycles. The van der Waals surface area contributed by atoms with Crippen LogP contribution in [0.3, 0.4) is 0 Å². The highest BCUT2D eigenvalue weighted by molar-refractivity contribution is 6.32. The smallest absolute Gasteiger partial charge is 0.119 e. The number of methoxy groups -OCH3 is 1. The molecule has 1 saturated heterocycles. The van der Waals surface area contributed by atoms with Gasteiger partial charge >= 0.3 is 0 Å². The Morgan fingerprint density at radius 1 is 1.17 bits per heavy atom. The fraction of sp³-hybridized carbons (Fsp3) is 0.316. The van der Waals surface area contributed by atoms with Crippen LogP contribution in [0.2, 0.25) is 5.02 Å². The summed E-state index contributed by atoms with van der Waals surface area (Å²) in [6.45, 7) is 2.02. The largest absolute Gasteiger partial charge is 0.497 e. The zero-order valence-electron chi connectivity index (χ0n) is 13.6. The lowest BCUT2D eigenvalue weighted by atomic mass is 10.0. The van der Waals surface area contributed by atoms with Crippen LogP contribution < -0.4 is 15.0 Å². The summed E-state index contributed by atoms with van der Waals surface area (Å²) in [6, 6.07) is 16.2. The molecule has 0 unspecified atom stereocenters. The molecular formula is C19H20ClN3O. The van der Waals surface area contributed by atoms with Gasteiger partial charge in [0.25, 0.3) is 0 Å². The Kier molecular flexibility index (Phi) is 5.12. The molecule has 124 valence electrons. The molecule has 2 aromatic carbocycles. The topological polar surface area (TPSA) is 48.3 Å². The molecule has 1 fully saturated rings. The highest BCUT2D eigenvalue weighted by atomic mass is 35.5. The molecular weight excluding hydrogens is 322 g/mol. The maximum atomic E-state index is 8.93. The lowest BCUT2D eigenvalue weighted by Crippen LogP contribution is -2.39. The van der Waals surface area contributed by atoms with Gasteiger partial charge in [-0.2, -0.15) is 5.26 Å². The Labute approximate surface area is 147 Å². The van der Waals surface area contributed by atoms with E-state index >= 15 is 0 Å². The number of nitriles is 1. The van der Waals surface area contributed by atoms with E-state index in [0.717, 1.165) is 37.4 Å². The van der Waals surface area contributed by atoms with Gasteiger partial charge in [-0.3, -0.25) is 0 Å². The molecule has 3 rings (SSSR count). The molecule has 1 aliphatic heterocycles. The van der Waals surface area contributed by atoms with Crippen molar-refractivity contribution in [3.05, 3.63) is 53.1 Å². The standard InChI is InChI=1S/C19H20ClN3O/c1-24-18-6-4-17(5-7-18)23-10-8-15(9-11-23)22-16-3-2-14(13-21)19(20)12-16/h2-7,12,15,22H,8-11H2,1H3. The first kappa shape index (κ1) is 16.5. The van der Waals surface area contributed by atoms with Crippen molar-refractivity contribution in [3.63, 3.8) is 0 Å². The second kappa shape index (κ2) is 7.46. The molecule has 0 spiro atoms. The first-order valence-electron chi connectivity index (χ1n) is 8.05. The Balaban J connectivity index is 1.57. The molecule has 0 saturated carbocycles. The summed E-state index contributed by atoms with van der Waals surface area (Å²) in [5.41, 5.74) is 2.72. The predicted octanol–water partition coefficient (Wildman–Crippen LogP) is 4.30. The average molecular weight is 342 g/mol. The first-order chi connectivity index (χ1) is 11.7. The van der Waals surface area contributed by atoms with E-state index in [4.69, 9.17) is 21.6 Å². The summed E-state index contributed by atoms with van der Waals surface area (Å²) in [5, 5.41) is 13.0. The Morgan fingerprint density at radius 2 is 1.88 bits per heavy atom. The molecule has 1 heterocycles. The third-order valence-electron chi connectivity index (χ3n) is 4.39. The second-order valence-electron chi connectivity index (χ2n) is 5.91. The van der Waals surface area contributed by atoms with Crippen molar-refractivity contribution < 1.29 is 4.74 Å². The number of nitrogens with one attached hydrogen (secondary N) is 1. The van der Waals surface area contributed by atoms with Gasteiger partial charge in [-0.15, -0.1) is 0 Å². The first-order valence-corrected chi connectivity index (χ1v) is 8.42. The van der Waals surface area contributed by atoms with E-state index in [-0.39, 0.29) is 0 Å². The highest BCUT2D eigenvalue weighted by Crippen LogP contribution is 2.26. The van der Waals surface area contributed by atoms with Crippen molar-refractivity contribution in [2.24, 2.45) is 0 Å². The maximum absolute atomic E-state index is 8.93. The van der Waals surface area contributed by atoms with Gasteiger partial charge in [-0.05, 0) is 55.3 Å². The molecule has 0 radical (unpaired) electrons. The quantitative estimate of drug-likeness (QED) is 0.900. The number of hydrogen-bond acceptors (Lipinski definition) is 4. The Hall–Kier alpha value is -2.38. The number of hydrogen-bond donors (Lipinski definition) is 1. The molecule has 0 amide bonds. The number of anilines is 2. The van der Waals surface area contributed by atoms with E-state index in [1.54, 1.807) is 13.2 Å². The van der Waals surface area contributed by atoms with Crippen molar-refractivity contribution in [2.75, 3.05) is 30.4 Å². The summed E-state index contributed by atoms with van der Waals surface area (Å²) >= 11 is 6.09. The van der Waals surface area contributed by atoms with E-state index in [1.165, 1.54) is 5.69 Å². The Bertz CT molecular complexity index is 731. The van der Waals surface area contributed by atoms with Gasteiger partial charge in [0.05, 0.1) is 17.7 Å². The molecule has 1 aliphatic rings. The van der Waals surface area contributed by atoms with Crippen molar-refractivity contribution in [2.45, 2.75) is 18.9 Å². The van der Waals surface area contributed by atoms with Gasteiger partial charge in [0.15, 0.2) is 0 Å². The third-order valence-corrected chi connectivity index (χ3v) is 4.71. The summed E-state index contributed by atoms with van der Waals surface area (Å²) < 4.78 is 5.21. The van der Waals surface area contributed by atoms with Crippen LogP contribution in [0, 0.1) is 11.3 Å². The van der Waals surface area contributed by atoms with E-state index in [2.05, 4.69) is 28.4 Å². The molecule has 2 aromatic rings.